The topological polar surface area (TPSA) is 42.4 Å². The predicted molar refractivity (Wildman–Crippen MR) is 106 cm³/mol. The molecule has 0 aliphatic heterocycles. The Kier molecular flexibility index (Phi) is 5.68. The van der Waals surface area contributed by atoms with E-state index in [0.717, 1.165) is 28.3 Å². The second-order valence-corrected chi connectivity index (χ2v) is 7.04. The first-order chi connectivity index (χ1) is 12.5. The molecule has 0 unspecified atom stereocenters. The molecule has 0 atom stereocenters. The van der Waals surface area contributed by atoms with Gasteiger partial charge in [-0.05, 0) is 50.1 Å². The molecule has 0 spiro atoms. The smallest absolute Gasteiger partial charge is 0.236 e. The van der Waals surface area contributed by atoms with E-state index in [9.17, 15) is 4.79 Å². The zero-order chi connectivity index (χ0) is 18.5. The van der Waals surface area contributed by atoms with Gasteiger partial charge < -0.3 is 4.74 Å². The summed E-state index contributed by atoms with van der Waals surface area (Å²) in [6, 6.07) is 15.7. The molecule has 4 nitrogen and oxygen atoms in total. The second-order valence-electron chi connectivity index (χ2n) is 6.20. The third-order valence-corrected chi connectivity index (χ3v) is 4.92. The van der Waals surface area contributed by atoms with Gasteiger partial charge in [-0.3, -0.25) is 9.69 Å². The molecule has 0 radical (unpaired) electrons. The van der Waals surface area contributed by atoms with Crippen LogP contribution in [0.2, 0.25) is 0 Å². The highest BCUT2D eigenvalue weighted by molar-refractivity contribution is 7.14. The molecule has 26 heavy (non-hydrogen) atoms. The number of para-hydroxylation sites is 1. The largest absolute Gasteiger partial charge is 0.493 e. The summed E-state index contributed by atoms with van der Waals surface area (Å²) in [5.41, 5.74) is 3.93. The van der Waals surface area contributed by atoms with Gasteiger partial charge in [-0.2, -0.15) is 0 Å². The average molecular weight is 366 g/mol. The van der Waals surface area contributed by atoms with E-state index in [0.29, 0.717) is 11.7 Å². The van der Waals surface area contributed by atoms with Crippen LogP contribution >= 0.6 is 11.3 Å². The quantitative estimate of drug-likeness (QED) is 0.602. The van der Waals surface area contributed by atoms with Gasteiger partial charge in [0.2, 0.25) is 5.91 Å². The fraction of sp³-hybridized carbons (Fsp3) is 0.238. The molecule has 0 saturated carbocycles. The van der Waals surface area contributed by atoms with Crippen molar-refractivity contribution in [2.75, 3.05) is 11.5 Å². The van der Waals surface area contributed by atoms with Crippen molar-refractivity contribution in [3.05, 3.63) is 70.7 Å². The summed E-state index contributed by atoms with van der Waals surface area (Å²) in [5.74, 6) is 0.796. The van der Waals surface area contributed by atoms with E-state index < -0.39 is 0 Å². The van der Waals surface area contributed by atoms with Gasteiger partial charge in [-0.25, -0.2) is 4.98 Å². The van der Waals surface area contributed by atoms with Crippen LogP contribution in [0.4, 0.5) is 10.8 Å². The normalized spacial score (nSPS) is 10.6. The molecule has 2 aromatic carbocycles. The molecule has 0 saturated heterocycles. The number of anilines is 2. The Balaban J connectivity index is 1.73. The summed E-state index contributed by atoms with van der Waals surface area (Å²) in [4.78, 5) is 19.1. The molecule has 1 heterocycles. The molecule has 0 N–H and O–H groups in total. The number of aromatic nitrogens is 1. The second kappa shape index (κ2) is 8.15. The van der Waals surface area contributed by atoms with Gasteiger partial charge in [0.25, 0.3) is 0 Å². The Morgan fingerprint density at radius 2 is 1.88 bits per heavy atom. The minimum atomic E-state index is -0.0316. The predicted octanol–water partition coefficient (Wildman–Crippen LogP) is 5.20. The van der Waals surface area contributed by atoms with Crippen molar-refractivity contribution < 1.29 is 9.53 Å². The summed E-state index contributed by atoms with van der Waals surface area (Å²) in [6.45, 7) is 6.29. The van der Waals surface area contributed by atoms with Crippen LogP contribution in [0.5, 0.6) is 5.75 Å². The lowest BCUT2D eigenvalue weighted by atomic mass is 10.1. The maximum atomic E-state index is 12.9. The first-order valence-electron chi connectivity index (χ1n) is 8.55. The average Bonchev–Trinajstić information content (AvgIpc) is 3.05. The number of rotatable bonds is 6. The lowest BCUT2D eigenvalue weighted by molar-refractivity contribution is -0.118. The first kappa shape index (κ1) is 18.1. The van der Waals surface area contributed by atoms with Crippen molar-refractivity contribution >= 4 is 28.1 Å². The van der Waals surface area contributed by atoms with E-state index >= 15 is 0 Å². The summed E-state index contributed by atoms with van der Waals surface area (Å²) in [6.07, 6.45) is 0.279. The van der Waals surface area contributed by atoms with Gasteiger partial charge in [-0.1, -0.05) is 30.3 Å². The number of amides is 1. The fourth-order valence-electron chi connectivity index (χ4n) is 2.61. The SMILES string of the molecule is Cc1ccc(C)c(OCCC(=O)N(c2ccccc2)c2nc(C)cs2)c1. The van der Waals surface area contributed by atoms with Crippen LogP contribution < -0.4 is 9.64 Å². The van der Waals surface area contributed by atoms with Crippen molar-refractivity contribution in [1.29, 1.82) is 0 Å². The van der Waals surface area contributed by atoms with E-state index in [2.05, 4.69) is 11.1 Å². The summed E-state index contributed by atoms with van der Waals surface area (Å²) >= 11 is 1.47. The van der Waals surface area contributed by atoms with Crippen molar-refractivity contribution in [3.8, 4) is 5.75 Å². The van der Waals surface area contributed by atoms with Crippen LogP contribution in [0.1, 0.15) is 23.2 Å². The van der Waals surface area contributed by atoms with Crippen LogP contribution in [0.3, 0.4) is 0 Å². The number of hydrogen-bond donors (Lipinski definition) is 0. The van der Waals surface area contributed by atoms with E-state index in [-0.39, 0.29) is 12.3 Å². The van der Waals surface area contributed by atoms with Gasteiger partial charge in [-0.15, -0.1) is 11.3 Å². The monoisotopic (exact) mass is 366 g/mol. The van der Waals surface area contributed by atoms with E-state index in [1.165, 1.54) is 11.3 Å². The molecular weight excluding hydrogens is 344 g/mol. The van der Waals surface area contributed by atoms with Crippen LogP contribution in [0.25, 0.3) is 0 Å². The number of benzene rings is 2. The molecule has 3 aromatic rings. The number of thiazole rings is 1. The molecule has 1 aromatic heterocycles. The summed E-state index contributed by atoms with van der Waals surface area (Å²) < 4.78 is 5.85. The van der Waals surface area contributed by atoms with Crippen molar-refractivity contribution in [2.24, 2.45) is 0 Å². The molecule has 0 bridgehead atoms. The Hall–Kier alpha value is -2.66. The molecule has 0 aliphatic rings. The highest BCUT2D eigenvalue weighted by Crippen LogP contribution is 2.29. The molecular formula is C21H22N2O2S. The fourth-order valence-corrected chi connectivity index (χ4v) is 3.44. The Morgan fingerprint density at radius 1 is 1.12 bits per heavy atom. The van der Waals surface area contributed by atoms with E-state index in [1.54, 1.807) is 4.90 Å². The third-order valence-electron chi connectivity index (χ3n) is 3.98. The Bertz CT molecular complexity index is 890. The lowest BCUT2D eigenvalue weighted by Gasteiger charge is -2.20. The molecule has 0 aliphatic carbocycles. The zero-order valence-electron chi connectivity index (χ0n) is 15.2. The van der Waals surface area contributed by atoms with Gasteiger partial charge in [0, 0.05) is 5.38 Å². The molecule has 1 amide bonds. The van der Waals surface area contributed by atoms with Crippen LogP contribution in [-0.4, -0.2) is 17.5 Å². The molecule has 134 valence electrons. The van der Waals surface area contributed by atoms with Crippen LogP contribution in [0.15, 0.2) is 53.9 Å². The van der Waals surface area contributed by atoms with Crippen molar-refractivity contribution in [1.82, 2.24) is 4.98 Å². The maximum Gasteiger partial charge on any atom is 0.236 e. The minimum Gasteiger partial charge on any atom is -0.493 e. The van der Waals surface area contributed by atoms with Crippen molar-refractivity contribution in [3.63, 3.8) is 0 Å². The third kappa shape index (κ3) is 4.29. The van der Waals surface area contributed by atoms with Crippen LogP contribution in [-0.2, 0) is 4.79 Å². The maximum absolute atomic E-state index is 12.9. The van der Waals surface area contributed by atoms with Crippen LogP contribution in [0, 0.1) is 20.8 Å². The minimum absolute atomic E-state index is 0.0316. The highest BCUT2D eigenvalue weighted by atomic mass is 32.1. The lowest BCUT2D eigenvalue weighted by Crippen LogP contribution is -2.27. The Labute approximate surface area is 158 Å². The van der Waals surface area contributed by atoms with Gasteiger partial charge in [0.05, 0.1) is 24.4 Å². The number of hydrogen-bond acceptors (Lipinski definition) is 4. The van der Waals surface area contributed by atoms with E-state index in [1.807, 2.05) is 68.6 Å². The molecule has 0 fully saturated rings. The van der Waals surface area contributed by atoms with Crippen molar-refractivity contribution in [2.45, 2.75) is 27.2 Å². The first-order valence-corrected chi connectivity index (χ1v) is 9.43. The zero-order valence-corrected chi connectivity index (χ0v) is 16.0. The van der Waals surface area contributed by atoms with Gasteiger partial charge in [0.1, 0.15) is 5.75 Å². The standard InChI is InChI=1S/C21H22N2O2S/c1-15-9-10-16(2)19(13-15)25-12-11-20(24)23(18-7-5-4-6-8-18)21-22-17(3)14-26-21/h4-10,13-14H,11-12H2,1-3H3. The summed E-state index contributed by atoms with van der Waals surface area (Å²) in [7, 11) is 0. The number of nitrogens with zero attached hydrogens (tertiary/aromatic N) is 2. The Morgan fingerprint density at radius 3 is 2.58 bits per heavy atom. The molecule has 5 heteroatoms. The molecule has 3 rings (SSSR count). The summed E-state index contributed by atoms with van der Waals surface area (Å²) in [5, 5.41) is 2.64. The van der Waals surface area contributed by atoms with E-state index in [4.69, 9.17) is 4.74 Å². The number of carbonyl (C=O) groups excluding carboxylic acids is 1. The van der Waals surface area contributed by atoms with Gasteiger partial charge >= 0.3 is 0 Å². The highest BCUT2D eigenvalue weighted by Gasteiger charge is 2.20. The van der Waals surface area contributed by atoms with Gasteiger partial charge in [0.15, 0.2) is 5.13 Å². The number of aryl methyl sites for hydroxylation is 3. The number of ether oxygens (including phenoxy) is 1. The number of carbonyl (C=O) groups is 1.